The second-order valence-corrected chi connectivity index (χ2v) is 3.14. The first-order valence-electron chi connectivity index (χ1n) is 4.49. The van der Waals surface area contributed by atoms with Crippen molar-refractivity contribution in [2.75, 3.05) is 12.1 Å². The van der Waals surface area contributed by atoms with E-state index in [4.69, 9.17) is 9.47 Å². The summed E-state index contributed by atoms with van der Waals surface area (Å²) in [6.07, 6.45) is -4.76. The number of halogens is 3. The Bertz CT molecular complexity index is 448. The molecule has 0 spiro atoms. The quantitative estimate of drug-likeness (QED) is 0.748. The Morgan fingerprint density at radius 2 is 1.94 bits per heavy atom. The monoisotopic (exact) mass is 248 g/mol. The van der Waals surface area contributed by atoms with Gasteiger partial charge in [0.25, 0.3) is 0 Å². The number of anilines is 1. The first-order chi connectivity index (χ1) is 7.94. The Morgan fingerprint density at radius 3 is 2.65 bits per heavy atom. The van der Waals surface area contributed by atoms with Crippen LogP contribution in [0.2, 0.25) is 0 Å². The van der Waals surface area contributed by atoms with Crippen LogP contribution in [0.4, 0.5) is 23.7 Å². The van der Waals surface area contributed by atoms with E-state index >= 15 is 0 Å². The molecule has 1 aromatic rings. The fraction of sp³-hybridized carbons (Fsp3) is 0.222. The zero-order chi connectivity index (χ0) is 12.5. The van der Waals surface area contributed by atoms with Crippen molar-refractivity contribution in [1.82, 2.24) is 5.32 Å². The van der Waals surface area contributed by atoms with Gasteiger partial charge in [0.1, 0.15) is 0 Å². The number of alkyl halides is 3. The van der Waals surface area contributed by atoms with Crippen molar-refractivity contribution in [2.45, 2.75) is 6.30 Å². The molecule has 8 heteroatoms. The fourth-order valence-corrected chi connectivity index (χ4v) is 1.27. The van der Waals surface area contributed by atoms with E-state index in [1.165, 1.54) is 18.2 Å². The molecule has 0 aliphatic carbocycles. The minimum Gasteiger partial charge on any atom is -0.454 e. The predicted molar refractivity (Wildman–Crippen MR) is 50.8 cm³/mol. The third-order valence-corrected chi connectivity index (χ3v) is 1.89. The van der Waals surface area contributed by atoms with Gasteiger partial charge < -0.3 is 14.8 Å². The lowest BCUT2D eigenvalue weighted by Gasteiger charge is -2.10. The zero-order valence-corrected chi connectivity index (χ0v) is 8.30. The number of urea groups is 1. The number of carbonyl (C=O) groups excluding carboxylic acids is 1. The van der Waals surface area contributed by atoms with Crippen molar-refractivity contribution >= 4 is 11.7 Å². The highest BCUT2D eigenvalue weighted by molar-refractivity contribution is 5.89. The van der Waals surface area contributed by atoms with E-state index in [9.17, 15) is 18.0 Å². The molecule has 0 radical (unpaired) electrons. The van der Waals surface area contributed by atoms with Crippen LogP contribution in [0.1, 0.15) is 0 Å². The number of carbonyl (C=O) groups is 1. The van der Waals surface area contributed by atoms with Crippen LogP contribution in [0, 0.1) is 0 Å². The summed E-state index contributed by atoms with van der Waals surface area (Å²) < 4.78 is 45.4. The molecule has 0 saturated carbocycles. The first-order valence-corrected chi connectivity index (χ1v) is 4.49. The van der Waals surface area contributed by atoms with Gasteiger partial charge in [0.05, 0.1) is 0 Å². The molecule has 2 rings (SSSR count). The maximum Gasteiger partial charge on any atom is 0.485 e. The van der Waals surface area contributed by atoms with Gasteiger partial charge in [-0.05, 0) is 12.1 Å². The molecule has 0 saturated heterocycles. The summed E-state index contributed by atoms with van der Waals surface area (Å²) in [7, 11) is 0. The molecule has 1 aliphatic rings. The van der Waals surface area contributed by atoms with Crippen molar-refractivity contribution in [3.8, 4) is 11.5 Å². The molecule has 1 heterocycles. The molecule has 2 amide bonds. The van der Waals surface area contributed by atoms with Gasteiger partial charge in [0.15, 0.2) is 11.5 Å². The topological polar surface area (TPSA) is 59.6 Å². The number of hydrogen-bond acceptors (Lipinski definition) is 3. The number of nitrogens with one attached hydrogen (secondary N) is 2. The maximum atomic E-state index is 11.8. The van der Waals surface area contributed by atoms with Crippen molar-refractivity contribution in [3.63, 3.8) is 0 Å². The van der Waals surface area contributed by atoms with Crippen LogP contribution in [0.25, 0.3) is 0 Å². The highest BCUT2D eigenvalue weighted by Crippen LogP contribution is 2.34. The Balaban J connectivity index is 2.02. The van der Waals surface area contributed by atoms with Crippen molar-refractivity contribution in [2.24, 2.45) is 0 Å². The van der Waals surface area contributed by atoms with Crippen LogP contribution in [0.3, 0.4) is 0 Å². The number of hydrogen-bond donors (Lipinski definition) is 2. The lowest BCUT2D eigenvalue weighted by molar-refractivity contribution is -0.144. The standard InChI is InChI=1S/C9H7F3N2O3/c10-9(11,12)14-8(15)13-5-1-2-6-7(3-5)17-4-16-6/h1-3H,4H2,(H2,13,14,15). The Morgan fingerprint density at radius 1 is 1.24 bits per heavy atom. The van der Waals surface area contributed by atoms with Crippen LogP contribution in [0.5, 0.6) is 11.5 Å². The number of fused-ring (bicyclic) bond motifs is 1. The van der Waals surface area contributed by atoms with Gasteiger partial charge in [0, 0.05) is 11.8 Å². The van der Waals surface area contributed by atoms with E-state index in [-0.39, 0.29) is 12.5 Å². The van der Waals surface area contributed by atoms with Gasteiger partial charge in [-0.2, -0.15) is 13.2 Å². The fourth-order valence-electron chi connectivity index (χ4n) is 1.27. The third kappa shape index (κ3) is 2.92. The summed E-state index contributed by atoms with van der Waals surface area (Å²) >= 11 is 0. The predicted octanol–water partition coefficient (Wildman–Crippen LogP) is 2.06. The van der Waals surface area contributed by atoms with E-state index in [2.05, 4.69) is 0 Å². The molecular formula is C9H7F3N2O3. The molecule has 0 bridgehead atoms. The van der Waals surface area contributed by atoms with E-state index in [1.807, 2.05) is 5.32 Å². The van der Waals surface area contributed by atoms with E-state index in [0.29, 0.717) is 11.5 Å². The van der Waals surface area contributed by atoms with Gasteiger partial charge in [-0.3, -0.25) is 0 Å². The molecule has 0 atom stereocenters. The lowest BCUT2D eigenvalue weighted by atomic mass is 10.3. The van der Waals surface area contributed by atoms with Gasteiger partial charge in [0.2, 0.25) is 6.79 Å². The van der Waals surface area contributed by atoms with E-state index in [1.54, 1.807) is 0 Å². The van der Waals surface area contributed by atoms with E-state index < -0.39 is 12.3 Å². The molecule has 0 unspecified atom stereocenters. The van der Waals surface area contributed by atoms with E-state index in [0.717, 1.165) is 5.32 Å². The van der Waals surface area contributed by atoms with Gasteiger partial charge in [-0.25, -0.2) is 10.1 Å². The molecule has 17 heavy (non-hydrogen) atoms. The minimum atomic E-state index is -4.76. The highest BCUT2D eigenvalue weighted by Gasteiger charge is 2.30. The maximum absolute atomic E-state index is 11.8. The summed E-state index contributed by atoms with van der Waals surface area (Å²) in [6, 6.07) is 2.91. The SMILES string of the molecule is O=C(Nc1ccc2c(c1)OCO2)NC(F)(F)F. The number of ether oxygens (including phenoxy) is 2. The van der Waals surface area contributed by atoms with Crippen LogP contribution in [0.15, 0.2) is 18.2 Å². The largest absolute Gasteiger partial charge is 0.485 e. The zero-order valence-electron chi connectivity index (χ0n) is 8.30. The van der Waals surface area contributed by atoms with Crippen molar-refractivity contribution in [1.29, 1.82) is 0 Å². The van der Waals surface area contributed by atoms with Crippen LogP contribution in [-0.2, 0) is 0 Å². The molecule has 92 valence electrons. The summed E-state index contributed by atoms with van der Waals surface area (Å²) in [6.45, 7) is 0.0491. The summed E-state index contributed by atoms with van der Waals surface area (Å²) in [5.41, 5.74) is 0.177. The van der Waals surface area contributed by atoms with Crippen LogP contribution < -0.4 is 20.1 Å². The molecule has 1 aliphatic heterocycles. The smallest absolute Gasteiger partial charge is 0.454 e. The third-order valence-electron chi connectivity index (χ3n) is 1.89. The van der Waals surface area contributed by atoms with Gasteiger partial charge >= 0.3 is 12.3 Å². The normalized spacial score (nSPS) is 13.4. The summed E-state index contributed by atoms with van der Waals surface area (Å²) in [5, 5.41) is 2.84. The molecule has 0 fully saturated rings. The lowest BCUT2D eigenvalue weighted by Crippen LogP contribution is -2.40. The van der Waals surface area contributed by atoms with Gasteiger partial charge in [-0.15, -0.1) is 0 Å². The first kappa shape index (κ1) is 11.4. The Labute approximate surface area is 93.5 Å². The summed E-state index contributed by atoms with van der Waals surface area (Å²) in [4.78, 5) is 10.9. The summed E-state index contributed by atoms with van der Waals surface area (Å²) in [5.74, 6) is 0.849. The second-order valence-electron chi connectivity index (χ2n) is 3.14. The van der Waals surface area contributed by atoms with Crippen molar-refractivity contribution in [3.05, 3.63) is 18.2 Å². The molecule has 5 nitrogen and oxygen atoms in total. The highest BCUT2D eigenvalue weighted by atomic mass is 19.4. The average molecular weight is 248 g/mol. The average Bonchev–Trinajstić information content (AvgIpc) is 2.61. The van der Waals surface area contributed by atoms with Crippen LogP contribution >= 0.6 is 0 Å². The molecule has 0 aromatic heterocycles. The number of rotatable bonds is 1. The van der Waals surface area contributed by atoms with Crippen LogP contribution in [-0.4, -0.2) is 19.1 Å². The molecule has 2 N–H and O–H groups in total. The molecular weight excluding hydrogens is 241 g/mol. The number of amides is 2. The van der Waals surface area contributed by atoms with Crippen molar-refractivity contribution < 1.29 is 27.4 Å². The Hall–Kier alpha value is -2.12. The number of benzene rings is 1. The minimum absolute atomic E-state index is 0.0491. The Kier molecular flexibility index (Phi) is 2.70. The molecule has 1 aromatic carbocycles. The van der Waals surface area contributed by atoms with Gasteiger partial charge in [-0.1, -0.05) is 0 Å². The second kappa shape index (κ2) is 4.04.